The van der Waals surface area contributed by atoms with Crippen molar-refractivity contribution in [3.8, 4) is 5.75 Å². The van der Waals surface area contributed by atoms with E-state index in [1.54, 1.807) is 30.3 Å². The number of hydrogen-bond acceptors (Lipinski definition) is 3. The second-order valence-corrected chi connectivity index (χ2v) is 6.17. The van der Waals surface area contributed by atoms with Crippen molar-refractivity contribution < 1.29 is 14.3 Å². The van der Waals surface area contributed by atoms with E-state index in [1.807, 2.05) is 12.1 Å². The van der Waals surface area contributed by atoms with Crippen LogP contribution in [0.4, 0.5) is 5.69 Å². The van der Waals surface area contributed by atoms with E-state index < -0.39 is 0 Å². The Morgan fingerprint density at radius 2 is 1.83 bits per heavy atom. The SMILES string of the molecule is COc1ccc(Cl)cc1C(=O)CCC(=O)Nc1ccc(Br)cc1. The highest BCUT2D eigenvalue weighted by Gasteiger charge is 2.14. The number of ketones is 1. The first kappa shape index (κ1) is 17.5. The van der Waals surface area contributed by atoms with Crippen molar-refractivity contribution in [3.63, 3.8) is 0 Å². The van der Waals surface area contributed by atoms with Crippen LogP contribution in [0.1, 0.15) is 23.2 Å². The van der Waals surface area contributed by atoms with Gasteiger partial charge in [-0.15, -0.1) is 0 Å². The van der Waals surface area contributed by atoms with Gasteiger partial charge in [0.15, 0.2) is 5.78 Å². The van der Waals surface area contributed by atoms with Crippen LogP contribution in [0.5, 0.6) is 5.75 Å². The number of benzene rings is 2. The first-order chi connectivity index (χ1) is 11.0. The van der Waals surface area contributed by atoms with Gasteiger partial charge in [0.05, 0.1) is 12.7 Å². The number of ether oxygens (including phenoxy) is 1. The third-order valence-corrected chi connectivity index (χ3v) is 3.93. The number of carbonyl (C=O) groups excluding carboxylic acids is 2. The van der Waals surface area contributed by atoms with Crippen LogP contribution in [0.2, 0.25) is 5.02 Å². The van der Waals surface area contributed by atoms with Gasteiger partial charge in [-0.05, 0) is 42.5 Å². The van der Waals surface area contributed by atoms with Gasteiger partial charge < -0.3 is 10.1 Å². The molecular formula is C17H15BrClNO3. The number of nitrogens with one attached hydrogen (secondary N) is 1. The molecule has 0 atom stereocenters. The van der Waals surface area contributed by atoms with Crippen LogP contribution < -0.4 is 10.1 Å². The molecule has 0 radical (unpaired) electrons. The van der Waals surface area contributed by atoms with Crippen LogP contribution in [0.15, 0.2) is 46.9 Å². The first-order valence-electron chi connectivity index (χ1n) is 6.92. The predicted molar refractivity (Wildman–Crippen MR) is 94.3 cm³/mol. The van der Waals surface area contributed by atoms with E-state index in [0.717, 1.165) is 4.47 Å². The zero-order valence-electron chi connectivity index (χ0n) is 12.4. The van der Waals surface area contributed by atoms with Crippen molar-refractivity contribution >= 4 is 44.9 Å². The second kappa shape index (κ2) is 8.13. The summed E-state index contributed by atoms with van der Waals surface area (Å²) in [7, 11) is 1.49. The smallest absolute Gasteiger partial charge is 0.224 e. The summed E-state index contributed by atoms with van der Waals surface area (Å²) in [5, 5.41) is 3.20. The Balaban J connectivity index is 1.95. The Morgan fingerprint density at radius 1 is 1.13 bits per heavy atom. The minimum absolute atomic E-state index is 0.0824. The first-order valence-corrected chi connectivity index (χ1v) is 8.09. The maximum Gasteiger partial charge on any atom is 0.224 e. The molecule has 1 amide bonds. The molecule has 4 nitrogen and oxygen atoms in total. The highest BCUT2D eigenvalue weighted by Crippen LogP contribution is 2.24. The molecule has 0 bridgehead atoms. The standard InChI is InChI=1S/C17H15BrClNO3/c1-23-16-8-4-12(19)10-14(16)15(21)7-9-17(22)20-13-5-2-11(18)3-6-13/h2-6,8,10H,7,9H2,1H3,(H,20,22). The molecule has 0 fully saturated rings. The van der Waals surface area contributed by atoms with E-state index in [1.165, 1.54) is 7.11 Å². The van der Waals surface area contributed by atoms with Crippen LogP contribution in [-0.2, 0) is 4.79 Å². The molecule has 0 heterocycles. The molecule has 2 aromatic rings. The van der Waals surface area contributed by atoms with E-state index in [4.69, 9.17) is 16.3 Å². The number of rotatable bonds is 6. The van der Waals surface area contributed by atoms with Gasteiger partial charge in [0.2, 0.25) is 5.91 Å². The summed E-state index contributed by atoms with van der Waals surface area (Å²) >= 11 is 9.24. The molecule has 6 heteroatoms. The van der Waals surface area contributed by atoms with Crippen LogP contribution in [0.25, 0.3) is 0 Å². The average Bonchev–Trinajstić information content (AvgIpc) is 2.54. The second-order valence-electron chi connectivity index (χ2n) is 4.82. The molecule has 0 saturated carbocycles. The highest BCUT2D eigenvalue weighted by molar-refractivity contribution is 9.10. The molecular weight excluding hydrogens is 382 g/mol. The molecule has 0 unspecified atom stereocenters. The number of amides is 1. The highest BCUT2D eigenvalue weighted by atomic mass is 79.9. The number of anilines is 1. The number of Topliss-reactive ketones (excluding diaryl/α,β-unsaturated/α-hetero) is 1. The van der Waals surface area contributed by atoms with E-state index in [9.17, 15) is 9.59 Å². The van der Waals surface area contributed by atoms with Gasteiger partial charge >= 0.3 is 0 Å². The lowest BCUT2D eigenvalue weighted by molar-refractivity contribution is -0.116. The molecule has 120 valence electrons. The lowest BCUT2D eigenvalue weighted by Gasteiger charge is -2.08. The summed E-state index contributed by atoms with van der Waals surface area (Å²) in [5.41, 5.74) is 1.07. The van der Waals surface area contributed by atoms with Crippen molar-refractivity contribution in [2.24, 2.45) is 0 Å². The Kier molecular flexibility index (Phi) is 6.19. The Labute approximate surface area is 147 Å². The van der Waals surface area contributed by atoms with Gasteiger partial charge in [-0.2, -0.15) is 0 Å². The van der Waals surface area contributed by atoms with Crippen LogP contribution >= 0.6 is 27.5 Å². The fourth-order valence-corrected chi connectivity index (χ4v) is 2.45. The zero-order valence-corrected chi connectivity index (χ0v) is 14.8. The summed E-state index contributed by atoms with van der Waals surface area (Å²) in [6.07, 6.45) is 0.170. The predicted octanol–water partition coefficient (Wildman–Crippen LogP) is 4.71. The van der Waals surface area contributed by atoms with Crippen molar-refractivity contribution in [2.45, 2.75) is 12.8 Å². The number of halogens is 2. The fourth-order valence-electron chi connectivity index (χ4n) is 2.02. The van der Waals surface area contributed by atoms with Crippen LogP contribution in [0.3, 0.4) is 0 Å². The third kappa shape index (κ3) is 5.08. The van der Waals surface area contributed by atoms with E-state index in [2.05, 4.69) is 21.2 Å². The van der Waals surface area contributed by atoms with Crippen molar-refractivity contribution in [1.82, 2.24) is 0 Å². The van der Waals surface area contributed by atoms with E-state index >= 15 is 0 Å². The largest absolute Gasteiger partial charge is 0.496 e. The maximum absolute atomic E-state index is 12.3. The summed E-state index contributed by atoms with van der Waals surface area (Å²) in [5.74, 6) is 0.0460. The molecule has 0 aliphatic rings. The number of hydrogen-bond donors (Lipinski definition) is 1. The van der Waals surface area contributed by atoms with Gasteiger partial charge in [-0.1, -0.05) is 27.5 Å². The minimum Gasteiger partial charge on any atom is -0.496 e. The molecule has 2 rings (SSSR count). The topological polar surface area (TPSA) is 55.4 Å². The average molecular weight is 397 g/mol. The normalized spacial score (nSPS) is 10.2. The number of carbonyl (C=O) groups is 2. The van der Waals surface area contributed by atoms with Gasteiger partial charge in [-0.3, -0.25) is 9.59 Å². The quantitative estimate of drug-likeness (QED) is 0.719. The zero-order chi connectivity index (χ0) is 16.8. The van der Waals surface area contributed by atoms with Crippen LogP contribution in [0, 0.1) is 0 Å². The molecule has 0 saturated heterocycles. The monoisotopic (exact) mass is 395 g/mol. The summed E-state index contributed by atoms with van der Waals surface area (Å²) in [6.45, 7) is 0. The van der Waals surface area contributed by atoms with Gasteiger partial charge in [0.25, 0.3) is 0 Å². The molecule has 0 aromatic heterocycles. The van der Waals surface area contributed by atoms with Crippen LogP contribution in [-0.4, -0.2) is 18.8 Å². The van der Waals surface area contributed by atoms with Crippen molar-refractivity contribution in [3.05, 3.63) is 57.5 Å². The summed E-state index contributed by atoms with van der Waals surface area (Å²) in [4.78, 5) is 24.2. The lowest BCUT2D eigenvalue weighted by Crippen LogP contribution is -2.13. The molecule has 2 aromatic carbocycles. The Bertz CT molecular complexity index is 716. The van der Waals surface area contributed by atoms with Gasteiger partial charge in [0, 0.05) is 28.0 Å². The fraction of sp³-hybridized carbons (Fsp3) is 0.176. The van der Waals surface area contributed by atoms with E-state index in [-0.39, 0.29) is 24.5 Å². The maximum atomic E-state index is 12.3. The van der Waals surface area contributed by atoms with Gasteiger partial charge in [0.1, 0.15) is 5.75 Å². The number of methoxy groups -OCH3 is 1. The lowest BCUT2D eigenvalue weighted by atomic mass is 10.1. The van der Waals surface area contributed by atoms with E-state index in [0.29, 0.717) is 22.0 Å². The summed E-state index contributed by atoms with van der Waals surface area (Å²) < 4.78 is 6.08. The van der Waals surface area contributed by atoms with Crippen molar-refractivity contribution in [1.29, 1.82) is 0 Å². The third-order valence-electron chi connectivity index (χ3n) is 3.17. The molecule has 0 spiro atoms. The minimum atomic E-state index is -0.221. The Hall–Kier alpha value is -1.85. The van der Waals surface area contributed by atoms with Gasteiger partial charge in [-0.25, -0.2) is 0 Å². The molecule has 0 aliphatic carbocycles. The molecule has 23 heavy (non-hydrogen) atoms. The molecule has 1 N–H and O–H groups in total. The summed E-state index contributed by atoms with van der Waals surface area (Å²) in [6, 6.07) is 12.1. The molecule has 0 aliphatic heterocycles. The Morgan fingerprint density at radius 3 is 2.48 bits per heavy atom. The van der Waals surface area contributed by atoms with Crippen molar-refractivity contribution in [2.75, 3.05) is 12.4 Å².